The highest BCUT2D eigenvalue weighted by Gasteiger charge is 2.19. The van der Waals surface area contributed by atoms with Crippen molar-refractivity contribution in [2.45, 2.75) is 13.1 Å². The largest absolute Gasteiger partial charge is 0.497 e. The van der Waals surface area contributed by atoms with Crippen LogP contribution in [-0.2, 0) is 13.1 Å². The number of piperazine rings is 1. The Morgan fingerprint density at radius 3 is 2.12 bits per heavy atom. The Bertz CT molecular complexity index is 1050. The van der Waals surface area contributed by atoms with Crippen LogP contribution in [-0.4, -0.2) is 56.1 Å². The van der Waals surface area contributed by atoms with Crippen LogP contribution in [0.5, 0.6) is 11.5 Å². The first-order valence-electron chi connectivity index (χ1n) is 11.3. The molecule has 4 rings (SSSR count). The van der Waals surface area contributed by atoms with Crippen molar-refractivity contribution in [2.24, 2.45) is 0 Å². The number of methoxy groups -OCH3 is 2. The fourth-order valence-corrected chi connectivity index (χ4v) is 4.10. The molecule has 33 heavy (non-hydrogen) atoms. The van der Waals surface area contributed by atoms with Crippen LogP contribution in [0.15, 0.2) is 72.8 Å². The van der Waals surface area contributed by atoms with Crippen molar-refractivity contribution in [3.63, 3.8) is 0 Å². The van der Waals surface area contributed by atoms with E-state index in [4.69, 9.17) is 9.47 Å². The molecule has 172 valence electrons. The molecule has 6 nitrogen and oxygen atoms in total. The Morgan fingerprint density at radius 1 is 0.818 bits per heavy atom. The number of nitrogens with one attached hydrogen (secondary N) is 1. The van der Waals surface area contributed by atoms with E-state index >= 15 is 0 Å². The van der Waals surface area contributed by atoms with E-state index < -0.39 is 0 Å². The molecule has 3 aromatic rings. The van der Waals surface area contributed by atoms with Crippen molar-refractivity contribution in [3.05, 3.63) is 89.5 Å². The summed E-state index contributed by atoms with van der Waals surface area (Å²) in [4.78, 5) is 17.3. The van der Waals surface area contributed by atoms with Gasteiger partial charge in [-0.2, -0.15) is 0 Å². The van der Waals surface area contributed by atoms with Crippen LogP contribution >= 0.6 is 0 Å². The second-order valence-corrected chi connectivity index (χ2v) is 8.25. The van der Waals surface area contributed by atoms with Crippen LogP contribution in [0.4, 0.5) is 5.69 Å². The number of ether oxygens (including phenoxy) is 2. The van der Waals surface area contributed by atoms with E-state index in [1.165, 1.54) is 5.56 Å². The third-order valence-corrected chi connectivity index (χ3v) is 6.00. The van der Waals surface area contributed by atoms with Gasteiger partial charge in [-0.25, -0.2) is 0 Å². The van der Waals surface area contributed by atoms with Gasteiger partial charge in [0.2, 0.25) is 0 Å². The van der Waals surface area contributed by atoms with E-state index in [9.17, 15) is 4.79 Å². The predicted octanol–water partition coefficient (Wildman–Crippen LogP) is 4.27. The maximum absolute atomic E-state index is 12.4. The van der Waals surface area contributed by atoms with Crippen molar-refractivity contribution in [3.8, 4) is 11.5 Å². The molecule has 0 aromatic heterocycles. The number of para-hydroxylation sites is 1. The summed E-state index contributed by atoms with van der Waals surface area (Å²) in [6, 6.07) is 23.4. The first kappa shape index (κ1) is 22.8. The number of hydrogen-bond donors (Lipinski definition) is 1. The second-order valence-electron chi connectivity index (χ2n) is 8.25. The Labute approximate surface area is 195 Å². The molecule has 1 heterocycles. The summed E-state index contributed by atoms with van der Waals surface area (Å²) in [5.41, 5.74) is 3.83. The third kappa shape index (κ3) is 6.12. The summed E-state index contributed by atoms with van der Waals surface area (Å²) < 4.78 is 10.9. The normalized spacial score (nSPS) is 14.6. The molecule has 0 unspecified atom stereocenters. The van der Waals surface area contributed by atoms with Gasteiger partial charge >= 0.3 is 0 Å². The fraction of sp³-hybridized carbons (Fsp3) is 0.296. The SMILES string of the molecule is COc1ccc(OC)c(CN2CCN(Cc3ccc(C(=O)Nc4ccccc4)cc3)CC2)c1. The van der Waals surface area contributed by atoms with Gasteiger partial charge in [-0.3, -0.25) is 14.6 Å². The van der Waals surface area contributed by atoms with E-state index in [1.54, 1.807) is 14.2 Å². The fourth-order valence-electron chi connectivity index (χ4n) is 4.10. The predicted molar refractivity (Wildman–Crippen MR) is 131 cm³/mol. The molecule has 0 radical (unpaired) electrons. The molecule has 1 N–H and O–H groups in total. The van der Waals surface area contributed by atoms with E-state index in [0.717, 1.165) is 62.0 Å². The highest BCUT2D eigenvalue weighted by Crippen LogP contribution is 2.25. The molecule has 0 atom stereocenters. The molecular formula is C27H31N3O3. The van der Waals surface area contributed by atoms with Gasteiger partial charge in [0.05, 0.1) is 14.2 Å². The number of benzene rings is 3. The van der Waals surface area contributed by atoms with Crippen molar-refractivity contribution >= 4 is 11.6 Å². The first-order valence-corrected chi connectivity index (χ1v) is 11.3. The van der Waals surface area contributed by atoms with Gasteiger partial charge in [0.1, 0.15) is 11.5 Å². The van der Waals surface area contributed by atoms with Crippen LogP contribution in [0, 0.1) is 0 Å². The zero-order chi connectivity index (χ0) is 23.0. The molecule has 1 fully saturated rings. The number of carbonyl (C=O) groups excluding carboxylic acids is 1. The summed E-state index contributed by atoms with van der Waals surface area (Å²) >= 11 is 0. The lowest BCUT2D eigenvalue weighted by molar-refractivity contribution is 0.102. The first-order chi connectivity index (χ1) is 16.1. The number of rotatable bonds is 8. The average molecular weight is 446 g/mol. The maximum atomic E-state index is 12.4. The van der Waals surface area contributed by atoms with Gasteiger partial charge in [-0.15, -0.1) is 0 Å². The molecule has 1 amide bonds. The summed E-state index contributed by atoms with van der Waals surface area (Å²) in [6.45, 7) is 5.73. The molecule has 1 saturated heterocycles. The lowest BCUT2D eigenvalue weighted by Crippen LogP contribution is -2.45. The van der Waals surface area contributed by atoms with Gasteiger partial charge in [-0.1, -0.05) is 30.3 Å². The van der Waals surface area contributed by atoms with Crippen LogP contribution in [0.1, 0.15) is 21.5 Å². The molecule has 1 aliphatic heterocycles. The minimum Gasteiger partial charge on any atom is -0.497 e. The molecule has 0 spiro atoms. The van der Waals surface area contributed by atoms with Gasteiger partial charge in [0.25, 0.3) is 5.91 Å². The highest BCUT2D eigenvalue weighted by atomic mass is 16.5. The number of anilines is 1. The van der Waals surface area contributed by atoms with E-state index in [0.29, 0.717) is 5.56 Å². The van der Waals surface area contributed by atoms with Crippen molar-refractivity contribution in [2.75, 3.05) is 45.7 Å². The van der Waals surface area contributed by atoms with Crippen LogP contribution in [0.25, 0.3) is 0 Å². The zero-order valence-corrected chi connectivity index (χ0v) is 19.3. The van der Waals surface area contributed by atoms with Crippen LogP contribution in [0.2, 0.25) is 0 Å². The molecule has 1 aliphatic rings. The molecule has 0 saturated carbocycles. The monoisotopic (exact) mass is 445 g/mol. The van der Waals surface area contributed by atoms with Gasteiger partial charge in [-0.05, 0) is 48.0 Å². The van der Waals surface area contributed by atoms with E-state index in [1.807, 2.05) is 66.7 Å². The average Bonchev–Trinajstić information content (AvgIpc) is 2.86. The van der Waals surface area contributed by atoms with Crippen molar-refractivity contribution < 1.29 is 14.3 Å². The molecule has 0 aliphatic carbocycles. The minimum atomic E-state index is -0.0886. The summed E-state index contributed by atoms with van der Waals surface area (Å²) in [7, 11) is 3.40. The summed E-state index contributed by atoms with van der Waals surface area (Å²) in [5, 5.41) is 2.93. The van der Waals surface area contributed by atoms with E-state index in [-0.39, 0.29) is 5.91 Å². The number of amides is 1. The molecular weight excluding hydrogens is 414 g/mol. The Balaban J connectivity index is 1.27. The highest BCUT2D eigenvalue weighted by molar-refractivity contribution is 6.04. The van der Waals surface area contributed by atoms with Crippen LogP contribution in [0.3, 0.4) is 0 Å². The number of nitrogens with zero attached hydrogens (tertiary/aromatic N) is 2. The summed E-state index contributed by atoms with van der Waals surface area (Å²) in [6.07, 6.45) is 0. The Hall–Kier alpha value is -3.35. The lowest BCUT2D eigenvalue weighted by Gasteiger charge is -2.35. The Kier molecular flexibility index (Phi) is 7.60. The third-order valence-electron chi connectivity index (χ3n) is 6.00. The lowest BCUT2D eigenvalue weighted by atomic mass is 10.1. The molecule has 3 aromatic carbocycles. The second kappa shape index (κ2) is 11.0. The van der Waals surface area contributed by atoms with Gasteiger partial charge < -0.3 is 14.8 Å². The smallest absolute Gasteiger partial charge is 0.255 e. The standard InChI is InChI=1S/C27H31N3O3/c1-32-25-12-13-26(33-2)23(18-25)20-30-16-14-29(15-17-30)19-21-8-10-22(11-9-21)27(31)28-24-6-4-3-5-7-24/h3-13,18H,14-17,19-20H2,1-2H3,(H,28,31). The maximum Gasteiger partial charge on any atom is 0.255 e. The summed E-state index contributed by atoms with van der Waals surface area (Å²) in [5.74, 6) is 1.66. The topological polar surface area (TPSA) is 54.0 Å². The number of carbonyl (C=O) groups is 1. The van der Waals surface area contributed by atoms with Gasteiger partial charge in [0, 0.05) is 56.1 Å². The number of hydrogen-bond acceptors (Lipinski definition) is 5. The van der Waals surface area contributed by atoms with Crippen molar-refractivity contribution in [1.29, 1.82) is 0 Å². The zero-order valence-electron chi connectivity index (χ0n) is 19.3. The van der Waals surface area contributed by atoms with Crippen molar-refractivity contribution in [1.82, 2.24) is 9.80 Å². The Morgan fingerprint density at radius 2 is 1.48 bits per heavy atom. The molecule has 6 heteroatoms. The van der Waals surface area contributed by atoms with Gasteiger partial charge in [0.15, 0.2) is 0 Å². The minimum absolute atomic E-state index is 0.0886. The molecule has 0 bridgehead atoms. The quantitative estimate of drug-likeness (QED) is 0.561. The van der Waals surface area contributed by atoms with E-state index in [2.05, 4.69) is 21.2 Å². The van der Waals surface area contributed by atoms with Crippen LogP contribution < -0.4 is 14.8 Å².